The van der Waals surface area contributed by atoms with Gasteiger partial charge in [-0.05, 0) is 44.0 Å². The average molecular weight is 376 g/mol. The van der Waals surface area contributed by atoms with Crippen LogP contribution >= 0.6 is 0 Å². The van der Waals surface area contributed by atoms with Crippen LogP contribution in [-0.2, 0) is 6.42 Å². The Labute approximate surface area is 165 Å². The fourth-order valence-corrected chi connectivity index (χ4v) is 3.68. The Balaban J connectivity index is 1.71. The van der Waals surface area contributed by atoms with Crippen LogP contribution in [0.1, 0.15) is 18.2 Å². The van der Waals surface area contributed by atoms with Gasteiger partial charge in [0.2, 0.25) is 5.95 Å². The number of nitrogens with one attached hydrogen (secondary N) is 1. The third-order valence-electron chi connectivity index (χ3n) is 4.95. The van der Waals surface area contributed by atoms with Crippen molar-refractivity contribution in [3.8, 4) is 11.5 Å². The molecule has 1 unspecified atom stereocenters. The summed E-state index contributed by atoms with van der Waals surface area (Å²) in [7, 11) is 3.28. The second kappa shape index (κ2) is 7.38. The monoisotopic (exact) mass is 376 g/mol. The van der Waals surface area contributed by atoms with E-state index in [0.29, 0.717) is 17.7 Å². The van der Waals surface area contributed by atoms with Crippen molar-refractivity contribution in [3.63, 3.8) is 0 Å². The molecule has 1 aliphatic heterocycles. The molecule has 1 aliphatic rings. The fourth-order valence-electron chi connectivity index (χ4n) is 3.68. The number of nitrogens with zero attached hydrogens (tertiary/aromatic N) is 3. The number of benzene rings is 2. The molecule has 0 spiro atoms. The van der Waals surface area contributed by atoms with E-state index in [1.165, 1.54) is 11.3 Å². The first-order chi connectivity index (χ1) is 13.6. The van der Waals surface area contributed by atoms with E-state index in [1.807, 2.05) is 31.2 Å². The molecule has 6 nitrogen and oxygen atoms in total. The SMILES string of the molecule is COc1ccc(OC)c(Nc2nc(C)cc(N3c4ccccc4CC3C)n2)c1. The van der Waals surface area contributed by atoms with Crippen molar-refractivity contribution in [2.45, 2.75) is 26.3 Å². The van der Waals surface area contributed by atoms with Gasteiger partial charge in [0.1, 0.15) is 17.3 Å². The van der Waals surface area contributed by atoms with Crippen molar-refractivity contribution in [2.24, 2.45) is 0 Å². The van der Waals surface area contributed by atoms with Gasteiger partial charge in [-0.15, -0.1) is 0 Å². The minimum Gasteiger partial charge on any atom is -0.497 e. The van der Waals surface area contributed by atoms with Crippen molar-refractivity contribution in [3.05, 3.63) is 59.8 Å². The van der Waals surface area contributed by atoms with Crippen LogP contribution in [-0.4, -0.2) is 30.2 Å². The highest BCUT2D eigenvalue weighted by molar-refractivity contribution is 5.71. The third kappa shape index (κ3) is 3.33. The summed E-state index contributed by atoms with van der Waals surface area (Å²) in [6, 6.07) is 16.4. The van der Waals surface area contributed by atoms with Gasteiger partial charge in [-0.25, -0.2) is 4.98 Å². The molecule has 0 saturated heterocycles. The first-order valence-electron chi connectivity index (χ1n) is 9.31. The zero-order chi connectivity index (χ0) is 19.7. The van der Waals surface area contributed by atoms with E-state index in [4.69, 9.17) is 14.5 Å². The third-order valence-corrected chi connectivity index (χ3v) is 4.95. The Morgan fingerprint density at radius 3 is 2.64 bits per heavy atom. The molecule has 2 heterocycles. The molecule has 0 saturated carbocycles. The summed E-state index contributed by atoms with van der Waals surface area (Å²) in [4.78, 5) is 11.6. The molecule has 0 aliphatic carbocycles. The van der Waals surface area contributed by atoms with Crippen LogP contribution in [0.2, 0.25) is 0 Å². The van der Waals surface area contributed by atoms with Crippen molar-refractivity contribution in [1.29, 1.82) is 0 Å². The minimum atomic E-state index is 0.339. The Bertz CT molecular complexity index is 1010. The average Bonchev–Trinajstić information content (AvgIpc) is 3.03. The number of aromatic nitrogens is 2. The standard InChI is InChI=1S/C22H24N4O2/c1-14-11-21(26-15(2)12-16-7-5-6-8-19(16)26)25-22(23-14)24-18-13-17(27-3)9-10-20(18)28-4/h5-11,13,15H,12H2,1-4H3,(H,23,24,25). The van der Waals surface area contributed by atoms with E-state index in [9.17, 15) is 0 Å². The summed E-state index contributed by atoms with van der Waals surface area (Å²) in [6.45, 7) is 4.20. The Morgan fingerprint density at radius 1 is 1.04 bits per heavy atom. The smallest absolute Gasteiger partial charge is 0.229 e. The molecule has 1 N–H and O–H groups in total. The molecule has 2 aromatic carbocycles. The molecule has 0 amide bonds. The topological polar surface area (TPSA) is 59.5 Å². The Morgan fingerprint density at radius 2 is 1.86 bits per heavy atom. The lowest BCUT2D eigenvalue weighted by atomic mass is 10.1. The predicted molar refractivity (Wildman–Crippen MR) is 111 cm³/mol. The maximum absolute atomic E-state index is 5.46. The van der Waals surface area contributed by atoms with E-state index in [0.717, 1.165) is 29.4 Å². The minimum absolute atomic E-state index is 0.339. The fraction of sp³-hybridized carbons (Fsp3) is 0.273. The predicted octanol–water partition coefficient (Wildman–Crippen LogP) is 4.63. The molecule has 1 atom stereocenters. The lowest BCUT2D eigenvalue weighted by Crippen LogP contribution is -2.25. The van der Waals surface area contributed by atoms with Gasteiger partial charge in [0.15, 0.2) is 0 Å². The number of ether oxygens (including phenoxy) is 2. The van der Waals surface area contributed by atoms with Crippen LogP contribution < -0.4 is 19.7 Å². The van der Waals surface area contributed by atoms with Gasteiger partial charge in [0, 0.05) is 29.6 Å². The number of para-hydroxylation sites is 1. The number of anilines is 4. The highest BCUT2D eigenvalue weighted by Crippen LogP contribution is 2.38. The van der Waals surface area contributed by atoms with Gasteiger partial charge in [-0.1, -0.05) is 18.2 Å². The summed E-state index contributed by atoms with van der Waals surface area (Å²) in [5.74, 6) is 2.85. The molecular formula is C22H24N4O2. The summed E-state index contributed by atoms with van der Waals surface area (Å²) >= 11 is 0. The number of hydrogen-bond donors (Lipinski definition) is 1. The zero-order valence-corrected chi connectivity index (χ0v) is 16.6. The summed E-state index contributed by atoms with van der Waals surface area (Å²) in [5.41, 5.74) is 4.20. The molecule has 0 radical (unpaired) electrons. The summed E-state index contributed by atoms with van der Waals surface area (Å²) < 4.78 is 10.8. The van der Waals surface area contributed by atoms with Crippen LogP contribution in [0.25, 0.3) is 0 Å². The van der Waals surface area contributed by atoms with Crippen LogP contribution in [0, 0.1) is 6.92 Å². The van der Waals surface area contributed by atoms with Gasteiger partial charge in [-0.2, -0.15) is 4.98 Å². The largest absolute Gasteiger partial charge is 0.497 e. The highest BCUT2D eigenvalue weighted by Gasteiger charge is 2.28. The normalized spacial score (nSPS) is 15.3. The van der Waals surface area contributed by atoms with Gasteiger partial charge in [0.25, 0.3) is 0 Å². The quantitative estimate of drug-likeness (QED) is 0.701. The van der Waals surface area contributed by atoms with E-state index in [-0.39, 0.29) is 0 Å². The zero-order valence-electron chi connectivity index (χ0n) is 16.6. The second-order valence-electron chi connectivity index (χ2n) is 6.93. The maximum atomic E-state index is 5.46. The number of fused-ring (bicyclic) bond motifs is 1. The lowest BCUT2D eigenvalue weighted by Gasteiger charge is -2.24. The summed E-state index contributed by atoms with van der Waals surface area (Å²) in [6.07, 6.45) is 1.01. The van der Waals surface area contributed by atoms with E-state index in [1.54, 1.807) is 14.2 Å². The molecule has 0 bridgehead atoms. The van der Waals surface area contributed by atoms with E-state index < -0.39 is 0 Å². The van der Waals surface area contributed by atoms with Crippen LogP contribution in [0.4, 0.5) is 23.1 Å². The molecule has 0 fully saturated rings. The first-order valence-corrected chi connectivity index (χ1v) is 9.31. The molecule has 6 heteroatoms. The number of aryl methyl sites for hydroxylation is 1. The van der Waals surface area contributed by atoms with E-state index in [2.05, 4.69) is 46.4 Å². The highest BCUT2D eigenvalue weighted by atomic mass is 16.5. The van der Waals surface area contributed by atoms with Gasteiger partial charge >= 0.3 is 0 Å². The molecule has 1 aromatic heterocycles. The Hall–Kier alpha value is -3.28. The van der Waals surface area contributed by atoms with Gasteiger partial charge in [-0.3, -0.25) is 0 Å². The molecule has 144 valence electrons. The molecular weight excluding hydrogens is 352 g/mol. The second-order valence-corrected chi connectivity index (χ2v) is 6.93. The number of hydrogen-bond acceptors (Lipinski definition) is 6. The maximum Gasteiger partial charge on any atom is 0.229 e. The van der Waals surface area contributed by atoms with Crippen LogP contribution in [0.15, 0.2) is 48.5 Å². The van der Waals surface area contributed by atoms with Crippen molar-refractivity contribution in [2.75, 3.05) is 24.4 Å². The number of rotatable bonds is 5. The lowest BCUT2D eigenvalue weighted by molar-refractivity contribution is 0.405. The van der Waals surface area contributed by atoms with Crippen LogP contribution in [0.5, 0.6) is 11.5 Å². The number of methoxy groups -OCH3 is 2. The van der Waals surface area contributed by atoms with Crippen molar-refractivity contribution >= 4 is 23.1 Å². The summed E-state index contributed by atoms with van der Waals surface area (Å²) in [5, 5.41) is 3.29. The van der Waals surface area contributed by atoms with Gasteiger partial charge < -0.3 is 19.7 Å². The van der Waals surface area contributed by atoms with E-state index >= 15 is 0 Å². The van der Waals surface area contributed by atoms with Gasteiger partial charge in [0.05, 0.1) is 19.9 Å². The molecule has 28 heavy (non-hydrogen) atoms. The van der Waals surface area contributed by atoms with Crippen molar-refractivity contribution < 1.29 is 9.47 Å². The van der Waals surface area contributed by atoms with Crippen molar-refractivity contribution in [1.82, 2.24) is 9.97 Å². The first kappa shape index (κ1) is 18.1. The Kier molecular flexibility index (Phi) is 4.77. The molecule has 4 rings (SSSR count). The molecule has 3 aromatic rings. The van der Waals surface area contributed by atoms with Crippen LogP contribution in [0.3, 0.4) is 0 Å².